The van der Waals surface area contributed by atoms with Crippen LogP contribution >= 0.6 is 23.4 Å². The number of benzene rings is 3. The second-order valence-electron chi connectivity index (χ2n) is 7.75. The Hall–Kier alpha value is -3.76. The molecule has 0 unspecified atom stereocenters. The van der Waals surface area contributed by atoms with Gasteiger partial charge in [0.05, 0.1) is 17.0 Å². The van der Waals surface area contributed by atoms with Gasteiger partial charge in [-0.05, 0) is 42.5 Å². The summed E-state index contributed by atoms with van der Waals surface area (Å²) in [4.78, 5) is 15.8. The predicted octanol–water partition coefficient (Wildman–Crippen LogP) is 6.82. The molecule has 0 aliphatic carbocycles. The van der Waals surface area contributed by atoms with E-state index in [-0.39, 0.29) is 11.4 Å². The normalized spacial score (nSPS) is 11.7. The fourth-order valence-electron chi connectivity index (χ4n) is 3.77. The van der Waals surface area contributed by atoms with Crippen molar-refractivity contribution < 1.29 is 18.0 Å². The maximum absolute atomic E-state index is 13.3. The molecule has 2 N–H and O–H groups in total. The number of hydrogen-bond donors (Lipinski definition) is 2. The van der Waals surface area contributed by atoms with Gasteiger partial charge in [-0.15, -0.1) is 10.2 Å². The van der Waals surface area contributed by atoms with Crippen molar-refractivity contribution in [1.29, 1.82) is 0 Å². The monoisotopic (exact) mass is 527 g/mol. The van der Waals surface area contributed by atoms with Gasteiger partial charge in [0.25, 0.3) is 0 Å². The van der Waals surface area contributed by atoms with Gasteiger partial charge in [-0.1, -0.05) is 53.7 Å². The summed E-state index contributed by atoms with van der Waals surface area (Å²) in [6.07, 6.45) is -2.75. The van der Waals surface area contributed by atoms with Crippen molar-refractivity contribution in [3.63, 3.8) is 0 Å². The van der Waals surface area contributed by atoms with Gasteiger partial charge in [0.1, 0.15) is 0 Å². The average molecular weight is 528 g/mol. The number of halogens is 4. The van der Waals surface area contributed by atoms with Crippen LogP contribution in [-0.2, 0) is 11.0 Å². The lowest BCUT2D eigenvalue weighted by atomic mass is 10.1. The zero-order valence-corrected chi connectivity index (χ0v) is 20.0. The molecule has 0 spiro atoms. The molecule has 5 rings (SSSR count). The molecule has 0 aliphatic heterocycles. The number of carbonyl (C=O) groups is 1. The predicted molar refractivity (Wildman–Crippen MR) is 134 cm³/mol. The zero-order valence-electron chi connectivity index (χ0n) is 18.4. The minimum absolute atomic E-state index is 0.175. The molecule has 0 saturated heterocycles. The molecule has 2 aromatic heterocycles. The molecule has 1 amide bonds. The number of para-hydroxylation sites is 2. The Balaban J connectivity index is 1.45. The van der Waals surface area contributed by atoms with Crippen molar-refractivity contribution in [2.24, 2.45) is 0 Å². The van der Waals surface area contributed by atoms with Gasteiger partial charge in [-0.25, -0.2) is 0 Å². The van der Waals surface area contributed by atoms with E-state index >= 15 is 0 Å². The van der Waals surface area contributed by atoms with E-state index in [0.29, 0.717) is 16.0 Å². The van der Waals surface area contributed by atoms with Gasteiger partial charge >= 0.3 is 6.18 Å². The summed E-state index contributed by atoms with van der Waals surface area (Å²) < 4.78 is 41.6. The number of nitrogens with zero attached hydrogens (tertiary/aromatic N) is 3. The van der Waals surface area contributed by atoms with Gasteiger partial charge in [0.15, 0.2) is 11.0 Å². The Kier molecular flexibility index (Phi) is 6.46. The molecular formula is C25H17ClF3N5OS. The Labute approximate surface area is 212 Å². The molecule has 0 radical (unpaired) electrons. The van der Waals surface area contributed by atoms with Crippen LogP contribution in [0.25, 0.3) is 28.0 Å². The van der Waals surface area contributed by atoms with Crippen LogP contribution in [0.5, 0.6) is 0 Å². The first-order valence-electron chi connectivity index (χ1n) is 10.7. The highest BCUT2D eigenvalue weighted by molar-refractivity contribution is 7.99. The summed E-state index contributed by atoms with van der Waals surface area (Å²) >= 11 is 7.13. The summed E-state index contributed by atoms with van der Waals surface area (Å²) in [6, 6.07) is 19.6. The number of rotatable bonds is 6. The summed E-state index contributed by atoms with van der Waals surface area (Å²) in [5, 5.41) is 12.9. The van der Waals surface area contributed by atoms with E-state index in [2.05, 4.69) is 20.5 Å². The van der Waals surface area contributed by atoms with Crippen LogP contribution in [0.2, 0.25) is 5.02 Å². The first-order valence-corrected chi connectivity index (χ1v) is 12.0. The molecule has 3 aromatic carbocycles. The number of fused-ring (bicyclic) bond motifs is 1. The second-order valence-corrected chi connectivity index (χ2v) is 9.13. The van der Waals surface area contributed by atoms with E-state index in [0.717, 1.165) is 40.0 Å². The third-order valence-corrected chi connectivity index (χ3v) is 6.57. The topological polar surface area (TPSA) is 75.6 Å². The third-order valence-electron chi connectivity index (χ3n) is 5.39. The van der Waals surface area contributed by atoms with E-state index in [4.69, 9.17) is 11.6 Å². The molecule has 2 heterocycles. The lowest BCUT2D eigenvalue weighted by molar-refractivity contribution is -0.137. The molecular weight excluding hydrogens is 511 g/mol. The highest BCUT2D eigenvalue weighted by Crippen LogP contribution is 2.35. The van der Waals surface area contributed by atoms with E-state index < -0.39 is 17.6 Å². The van der Waals surface area contributed by atoms with E-state index in [9.17, 15) is 18.0 Å². The molecule has 0 aliphatic rings. The molecule has 0 atom stereocenters. The van der Waals surface area contributed by atoms with Crippen LogP contribution in [0.3, 0.4) is 0 Å². The smallest absolute Gasteiger partial charge is 0.360 e. The second kappa shape index (κ2) is 9.71. The molecule has 36 heavy (non-hydrogen) atoms. The maximum atomic E-state index is 13.3. The average Bonchev–Trinajstić information content (AvgIpc) is 3.47. The Bertz CT molecular complexity index is 1550. The van der Waals surface area contributed by atoms with E-state index in [1.807, 2.05) is 30.5 Å². The summed E-state index contributed by atoms with van der Waals surface area (Å²) in [5.41, 5.74) is 1.25. The van der Waals surface area contributed by atoms with Gasteiger partial charge in [-0.3, -0.25) is 9.36 Å². The number of aromatic nitrogens is 4. The lowest BCUT2D eigenvalue weighted by Crippen LogP contribution is -2.18. The molecule has 5 aromatic rings. The third kappa shape index (κ3) is 4.82. The Morgan fingerprint density at radius 2 is 1.72 bits per heavy atom. The number of aromatic amines is 1. The van der Waals surface area contributed by atoms with Crippen molar-refractivity contribution in [3.8, 4) is 17.1 Å². The van der Waals surface area contributed by atoms with E-state index in [1.54, 1.807) is 28.8 Å². The number of thioether (sulfide) groups is 1. The standard InChI is InChI=1S/C25H17ClF3N5OS/c26-15-9-11-16(12-10-15)34-23(18-13-30-20-7-3-1-5-17(18)20)32-33-24(34)36-14-22(35)31-21-8-4-2-6-19(21)25(27,28)29/h1-13,30H,14H2,(H,31,35). The highest BCUT2D eigenvalue weighted by atomic mass is 35.5. The van der Waals surface area contributed by atoms with Crippen molar-refractivity contribution in [1.82, 2.24) is 19.7 Å². The molecule has 0 bridgehead atoms. The van der Waals surface area contributed by atoms with Gasteiger partial charge in [0, 0.05) is 33.4 Å². The Morgan fingerprint density at radius 3 is 2.50 bits per heavy atom. The van der Waals surface area contributed by atoms with Crippen LogP contribution in [0.1, 0.15) is 5.56 Å². The minimum atomic E-state index is -4.58. The first kappa shape index (κ1) is 24.0. The largest absolute Gasteiger partial charge is 0.418 e. The van der Waals surface area contributed by atoms with Gasteiger partial charge in [0.2, 0.25) is 5.91 Å². The number of hydrogen-bond acceptors (Lipinski definition) is 4. The maximum Gasteiger partial charge on any atom is 0.418 e. The molecule has 0 saturated carbocycles. The SMILES string of the molecule is O=C(CSc1nnc(-c2c[nH]c3ccccc23)n1-c1ccc(Cl)cc1)Nc1ccccc1C(F)(F)F. The van der Waals surface area contributed by atoms with Gasteiger partial charge < -0.3 is 10.3 Å². The summed E-state index contributed by atoms with van der Waals surface area (Å²) in [6.45, 7) is 0. The molecule has 182 valence electrons. The van der Waals surface area contributed by atoms with Crippen LogP contribution in [0.15, 0.2) is 84.1 Å². The van der Waals surface area contributed by atoms with E-state index in [1.165, 1.54) is 18.2 Å². The molecule has 0 fully saturated rings. The van der Waals surface area contributed by atoms with Crippen LogP contribution in [0, 0.1) is 0 Å². The van der Waals surface area contributed by atoms with Crippen LogP contribution in [0.4, 0.5) is 18.9 Å². The quantitative estimate of drug-likeness (QED) is 0.238. The van der Waals surface area contributed by atoms with Crippen molar-refractivity contribution in [2.45, 2.75) is 11.3 Å². The van der Waals surface area contributed by atoms with Crippen LogP contribution in [-0.4, -0.2) is 31.4 Å². The number of nitrogens with one attached hydrogen (secondary N) is 2. The van der Waals surface area contributed by atoms with Crippen LogP contribution < -0.4 is 5.32 Å². The number of amides is 1. The Morgan fingerprint density at radius 1 is 1.00 bits per heavy atom. The molecule has 6 nitrogen and oxygen atoms in total. The number of anilines is 1. The fourth-order valence-corrected chi connectivity index (χ4v) is 4.65. The fraction of sp³-hybridized carbons (Fsp3) is 0.0800. The van der Waals surface area contributed by atoms with Gasteiger partial charge in [-0.2, -0.15) is 13.2 Å². The molecule has 11 heteroatoms. The number of H-pyrrole nitrogens is 1. The zero-order chi connectivity index (χ0) is 25.3. The van der Waals surface area contributed by atoms with Crippen molar-refractivity contribution >= 4 is 45.9 Å². The summed E-state index contributed by atoms with van der Waals surface area (Å²) in [5.74, 6) is -0.234. The number of alkyl halides is 3. The summed E-state index contributed by atoms with van der Waals surface area (Å²) in [7, 11) is 0. The lowest BCUT2D eigenvalue weighted by Gasteiger charge is -2.13. The van der Waals surface area contributed by atoms with Crippen molar-refractivity contribution in [3.05, 3.63) is 89.6 Å². The minimum Gasteiger partial charge on any atom is -0.360 e. The first-order chi connectivity index (χ1) is 17.3. The number of carbonyl (C=O) groups excluding carboxylic acids is 1. The highest BCUT2D eigenvalue weighted by Gasteiger charge is 2.33. The van der Waals surface area contributed by atoms with Crippen molar-refractivity contribution in [2.75, 3.05) is 11.1 Å².